The Hall–Kier alpha value is 2.73. The first-order chi connectivity index (χ1) is 4.00. The number of rotatable bonds is 0. The van der Waals surface area contributed by atoms with E-state index < -0.39 is 0 Å². The second-order valence-corrected chi connectivity index (χ2v) is 0. The van der Waals surface area contributed by atoms with Crippen LogP contribution in [-0.4, -0.2) is 98.9 Å². The van der Waals surface area contributed by atoms with Crippen LogP contribution in [0, 0.1) is 0 Å². The maximum absolute atomic E-state index is 8.39. The molecule has 0 radical (unpaired) electrons. The molecule has 0 N–H and O–H groups in total. The monoisotopic (exact) mass is 904 g/mol. The Labute approximate surface area is 108 Å². The molecule has 4 nitrogen and oxygen atoms in total. The summed E-state index contributed by atoms with van der Waals surface area (Å²) in [5.74, 6) is 0. The van der Waals surface area contributed by atoms with Gasteiger partial charge in [-0.25, -0.2) is 0 Å². The van der Waals surface area contributed by atoms with E-state index in [0.29, 0.717) is 0 Å². The minimum absolute atomic E-state index is 0.0556. The predicted molar refractivity (Wildman–Crippen MR) is 31.3 cm³/mol. The molecule has 0 heterocycles. The van der Waals surface area contributed by atoms with Gasteiger partial charge in [0.25, 0.3) is 0 Å². The van der Waals surface area contributed by atoms with Crippen molar-refractivity contribution < 1.29 is 11.3 Å². The summed E-state index contributed by atoms with van der Waals surface area (Å²) in [5.41, 5.74) is 0. The van der Waals surface area contributed by atoms with Gasteiger partial charge in [-0.05, 0) is 0 Å². The van der Waals surface area contributed by atoms with Crippen LogP contribution in [0.25, 0.3) is 0 Å². The molecule has 0 aromatic carbocycles. The average molecular weight is 904 g/mol. The van der Waals surface area contributed by atoms with Crippen LogP contribution in [0.2, 0.25) is 0 Å². The van der Waals surface area contributed by atoms with Gasteiger partial charge in [-0.15, -0.1) is 0 Å². The Morgan fingerprint density at radius 3 is 0.375 bits per heavy atom. The molecule has 0 aliphatic carbocycles. The fourth-order valence-corrected chi connectivity index (χ4v) is 0. The van der Waals surface area contributed by atoms with Crippen LogP contribution in [0.15, 0.2) is 0 Å². The maximum atomic E-state index is 8.39. The van der Waals surface area contributed by atoms with E-state index >= 15 is 0 Å². The van der Waals surface area contributed by atoms with Gasteiger partial charge in [0, 0.05) is 0 Å². The first kappa shape index (κ1) is 22.4. The zero-order valence-electron chi connectivity index (χ0n) is 3.63. The van der Waals surface area contributed by atoms with Gasteiger partial charge in [0.2, 0.25) is 0 Å². The van der Waals surface area contributed by atoms with E-state index in [0.717, 1.165) is 0 Å². The van der Waals surface area contributed by atoms with Crippen LogP contribution in [0.3, 0.4) is 0 Å². The summed E-state index contributed by atoms with van der Waals surface area (Å²) in [6.07, 6.45) is 0. The zero-order valence-corrected chi connectivity index (χ0v) is 19.2. The van der Waals surface area contributed by atoms with Crippen molar-refractivity contribution in [2.45, 2.75) is 0 Å². The second-order valence-electron chi connectivity index (χ2n) is 0. The Kier molecular flexibility index (Phi) is 279. The van der Waals surface area contributed by atoms with Gasteiger partial charge in [-0.1, -0.05) is 0 Å². The van der Waals surface area contributed by atoms with Crippen molar-refractivity contribution in [3.8, 4) is 0 Å². The normalized spacial score (nSPS) is 2.00. The number of hydrogen-bond acceptors (Lipinski definition) is 4. The van der Waals surface area contributed by atoms with Crippen molar-refractivity contribution >= 4 is 98.9 Å². The SMILES string of the molecule is [O]=[BiH].[O]=[BiH].[O]=[BiH].[O]=[BiH]. The van der Waals surface area contributed by atoms with Crippen molar-refractivity contribution in [2.24, 2.45) is 0 Å². The quantitative estimate of drug-likeness (QED) is 0.243. The molecule has 0 atom stereocenters. The Morgan fingerprint density at radius 1 is 0.375 bits per heavy atom. The Bertz CT molecular complexity index is 16.0. The van der Waals surface area contributed by atoms with Crippen LogP contribution in [0.4, 0.5) is 0 Å². The first-order valence-corrected chi connectivity index (χ1v) is 7.16. The van der Waals surface area contributed by atoms with E-state index in [1.54, 1.807) is 0 Å². The third kappa shape index (κ3) is 69.9. The van der Waals surface area contributed by atoms with Crippen molar-refractivity contribution in [3.63, 3.8) is 0 Å². The molecule has 0 saturated carbocycles. The van der Waals surface area contributed by atoms with Crippen molar-refractivity contribution in [3.05, 3.63) is 0 Å². The van der Waals surface area contributed by atoms with Crippen LogP contribution < -0.4 is 0 Å². The predicted octanol–water partition coefficient (Wildman–Crippen LogP) is -3.07. The molecule has 0 bridgehead atoms. The van der Waals surface area contributed by atoms with Crippen LogP contribution >= 0.6 is 0 Å². The molecule has 8 heavy (non-hydrogen) atoms. The van der Waals surface area contributed by atoms with Crippen molar-refractivity contribution in [1.82, 2.24) is 0 Å². The van der Waals surface area contributed by atoms with E-state index in [1.165, 1.54) is 0 Å². The molecule has 0 rings (SSSR count). The van der Waals surface area contributed by atoms with E-state index in [2.05, 4.69) is 0 Å². The van der Waals surface area contributed by atoms with Crippen molar-refractivity contribution in [2.75, 3.05) is 0 Å². The topological polar surface area (TPSA) is 68.3 Å². The fraction of sp³-hybridized carbons (Fsp3) is 0. The van der Waals surface area contributed by atoms with E-state index in [9.17, 15) is 0 Å². The first-order valence-electron chi connectivity index (χ1n) is 0.816. The van der Waals surface area contributed by atoms with E-state index in [1.807, 2.05) is 0 Å². The van der Waals surface area contributed by atoms with Gasteiger partial charge in [0.05, 0.1) is 0 Å². The molecule has 0 spiro atoms. The Balaban J connectivity index is -0.0000000133. The summed E-state index contributed by atoms with van der Waals surface area (Å²) >= 11 is 0.222. The molecular weight excluding hydrogens is 900 g/mol. The molecule has 0 unspecified atom stereocenters. The van der Waals surface area contributed by atoms with Crippen LogP contribution in [0.1, 0.15) is 0 Å². The molecule has 0 aromatic rings. The van der Waals surface area contributed by atoms with Gasteiger partial charge in [0.1, 0.15) is 0 Å². The summed E-state index contributed by atoms with van der Waals surface area (Å²) in [4.78, 5) is 0. The van der Waals surface area contributed by atoms with Gasteiger partial charge < -0.3 is 0 Å². The number of hydrogen-bond donors (Lipinski definition) is 0. The fourth-order valence-electron chi connectivity index (χ4n) is 0. The average Bonchev–Trinajstić information content (AvgIpc) is 2.03. The van der Waals surface area contributed by atoms with Gasteiger partial charge in [-0.3, -0.25) is 0 Å². The summed E-state index contributed by atoms with van der Waals surface area (Å²) in [5, 5.41) is 0. The van der Waals surface area contributed by atoms with Gasteiger partial charge in [-0.2, -0.15) is 0 Å². The van der Waals surface area contributed by atoms with Crippen LogP contribution in [0.5, 0.6) is 0 Å². The van der Waals surface area contributed by atoms with E-state index in [4.69, 9.17) is 11.3 Å². The third-order valence-corrected chi connectivity index (χ3v) is 0. The summed E-state index contributed by atoms with van der Waals surface area (Å²) < 4.78 is 33.6. The molecule has 0 aromatic heterocycles. The molecule has 48 valence electrons. The molecule has 0 amide bonds. The molecule has 0 aliphatic rings. The molecule has 0 saturated heterocycles. The summed E-state index contributed by atoms with van der Waals surface area (Å²) in [6, 6.07) is 0. The minimum atomic E-state index is 0.0556. The molecule has 0 fully saturated rings. The standard InChI is InChI=1S/4Bi.4O.4H. The van der Waals surface area contributed by atoms with E-state index in [-0.39, 0.29) is 98.9 Å². The zero-order chi connectivity index (χ0) is 8.00. The van der Waals surface area contributed by atoms with Gasteiger partial charge in [0.15, 0.2) is 0 Å². The third-order valence-electron chi connectivity index (χ3n) is 0. The summed E-state index contributed by atoms with van der Waals surface area (Å²) in [7, 11) is 0. The summed E-state index contributed by atoms with van der Waals surface area (Å²) in [6.45, 7) is 0. The van der Waals surface area contributed by atoms with Crippen molar-refractivity contribution in [1.29, 1.82) is 0 Å². The molecule has 0 aliphatic heterocycles. The molecular formula is H4Bi4O4. The molecule has 8 heteroatoms. The Morgan fingerprint density at radius 2 is 0.375 bits per heavy atom. The second kappa shape index (κ2) is 99.4. The van der Waals surface area contributed by atoms with Gasteiger partial charge >= 0.3 is 110 Å². The van der Waals surface area contributed by atoms with Crippen LogP contribution in [-0.2, 0) is 11.3 Å².